The molecule has 172 valence electrons. The Labute approximate surface area is 202 Å². The van der Waals surface area contributed by atoms with E-state index < -0.39 is 0 Å². The van der Waals surface area contributed by atoms with Gasteiger partial charge in [-0.05, 0) is 105 Å². The van der Waals surface area contributed by atoms with Gasteiger partial charge in [-0.15, -0.1) is 0 Å². The molecule has 1 N–H and O–H groups in total. The van der Waals surface area contributed by atoms with Gasteiger partial charge in [0.25, 0.3) is 0 Å². The van der Waals surface area contributed by atoms with Crippen LogP contribution in [-0.4, -0.2) is 14.7 Å². The number of hydrogen-bond donors (Lipinski definition) is 1. The van der Waals surface area contributed by atoms with Crippen molar-refractivity contribution in [1.29, 1.82) is 0 Å². The Bertz CT molecular complexity index is 1370. The number of benzene rings is 2. The average Bonchev–Trinajstić information content (AvgIpc) is 3.32. The highest BCUT2D eigenvalue weighted by Gasteiger charge is 2.42. The van der Waals surface area contributed by atoms with Crippen molar-refractivity contribution < 1.29 is 8.78 Å². The predicted molar refractivity (Wildman–Crippen MR) is 134 cm³/mol. The van der Waals surface area contributed by atoms with Gasteiger partial charge >= 0.3 is 0 Å². The molecule has 0 spiro atoms. The lowest BCUT2D eigenvalue weighted by Gasteiger charge is -2.28. The van der Waals surface area contributed by atoms with Crippen LogP contribution >= 0.6 is 12.2 Å². The Morgan fingerprint density at radius 3 is 2.32 bits per heavy atom. The lowest BCUT2D eigenvalue weighted by molar-refractivity contribution is 0.564. The van der Waals surface area contributed by atoms with Gasteiger partial charge in [-0.2, -0.15) is 0 Å². The first-order chi connectivity index (χ1) is 16.3. The minimum atomic E-state index is -0.273. The van der Waals surface area contributed by atoms with Crippen LogP contribution in [-0.2, 0) is 0 Å². The molecule has 4 aromatic rings. The van der Waals surface area contributed by atoms with Crippen LogP contribution in [0.3, 0.4) is 0 Å². The summed E-state index contributed by atoms with van der Waals surface area (Å²) < 4.78 is 29.7. The summed E-state index contributed by atoms with van der Waals surface area (Å²) in [5, 5.41) is 4.00. The van der Waals surface area contributed by atoms with E-state index in [1.807, 2.05) is 36.1 Å². The Balaban J connectivity index is 1.68. The van der Waals surface area contributed by atoms with E-state index in [0.717, 1.165) is 34.0 Å². The number of aryl methyl sites for hydroxylation is 2. The molecular weight excluding hydrogens is 450 g/mol. The molecule has 0 saturated carbocycles. The highest BCUT2D eigenvalue weighted by molar-refractivity contribution is 7.80. The van der Waals surface area contributed by atoms with Gasteiger partial charge in [0.05, 0.1) is 17.8 Å². The third-order valence-electron chi connectivity index (χ3n) is 6.39. The van der Waals surface area contributed by atoms with E-state index in [-0.39, 0.29) is 23.7 Å². The van der Waals surface area contributed by atoms with Gasteiger partial charge in [0.1, 0.15) is 11.6 Å². The molecule has 0 bridgehead atoms. The van der Waals surface area contributed by atoms with Gasteiger partial charge in [-0.25, -0.2) is 8.78 Å². The zero-order valence-corrected chi connectivity index (χ0v) is 19.9. The largest absolute Gasteiger partial charge is 0.351 e. The Kier molecular flexibility index (Phi) is 5.65. The van der Waals surface area contributed by atoms with Crippen LogP contribution in [0.15, 0.2) is 72.9 Å². The summed E-state index contributed by atoms with van der Waals surface area (Å²) in [6, 6.07) is 19.0. The van der Waals surface area contributed by atoms with Crippen molar-refractivity contribution in [3.8, 4) is 5.69 Å². The number of aromatic nitrogens is 2. The lowest BCUT2D eigenvalue weighted by Crippen LogP contribution is -2.29. The summed E-state index contributed by atoms with van der Waals surface area (Å²) in [5.74, 6) is -0.529. The first kappa shape index (κ1) is 22.2. The van der Waals surface area contributed by atoms with Crippen molar-refractivity contribution in [2.24, 2.45) is 0 Å². The molecule has 0 radical (unpaired) electrons. The molecule has 2 atom stereocenters. The molecule has 1 fully saturated rings. The number of halogens is 2. The smallest absolute Gasteiger partial charge is 0.174 e. The predicted octanol–water partition coefficient (Wildman–Crippen LogP) is 6.25. The SMILES string of the molecule is Cc1cc(N2C(=S)N[C@H](c3ccccn3)[C@H]2c2cc(C)n(-c3ccc(F)cc3)c2C)ccc1F. The quantitative estimate of drug-likeness (QED) is 0.354. The molecule has 7 heteroatoms. The van der Waals surface area contributed by atoms with Crippen LogP contribution < -0.4 is 10.2 Å². The second kappa shape index (κ2) is 8.65. The van der Waals surface area contributed by atoms with Gasteiger partial charge in [-0.1, -0.05) is 6.07 Å². The van der Waals surface area contributed by atoms with Crippen LogP contribution in [0.4, 0.5) is 14.5 Å². The van der Waals surface area contributed by atoms with E-state index in [1.165, 1.54) is 18.2 Å². The summed E-state index contributed by atoms with van der Waals surface area (Å²) >= 11 is 5.79. The van der Waals surface area contributed by atoms with E-state index in [0.29, 0.717) is 10.7 Å². The van der Waals surface area contributed by atoms with Gasteiger partial charge in [0.15, 0.2) is 5.11 Å². The summed E-state index contributed by atoms with van der Waals surface area (Å²) in [6.07, 6.45) is 1.77. The first-order valence-electron chi connectivity index (χ1n) is 11.1. The summed E-state index contributed by atoms with van der Waals surface area (Å²) in [7, 11) is 0. The van der Waals surface area contributed by atoms with Crippen LogP contribution in [0.2, 0.25) is 0 Å². The number of rotatable bonds is 4. The third kappa shape index (κ3) is 3.76. The maximum atomic E-state index is 14.1. The Hall–Kier alpha value is -3.58. The molecular formula is C27H24F2N4S. The number of nitrogens with one attached hydrogen (secondary N) is 1. The zero-order chi connectivity index (χ0) is 24.0. The van der Waals surface area contributed by atoms with Crippen molar-refractivity contribution in [2.45, 2.75) is 32.9 Å². The fraction of sp³-hybridized carbons (Fsp3) is 0.185. The molecule has 0 aliphatic carbocycles. The van der Waals surface area contributed by atoms with Crippen molar-refractivity contribution in [2.75, 3.05) is 4.90 Å². The van der Waals surface area contributed by atoms with Crippen LogP contribution in [0.1, 0.15) is 40.3 Å². The van der Waals surface area contributed by atoms with E-state index >= 15 is 0 Å². The summed E-state index contributed by atoms with van der Waals surface area (Å²) in [5.41, 5.74) is 6.21. The summed E-state index contributed by atoms with van der Waals surface area (Å²) in [6.45, 7) is 5.83. The van der Waals surface area contributed by atoms with Crippen molar-refractivity contribution in [3.05, 3.63) is 113 Å². The van der Waals surface area contributed by atoms with Crippen LogP contribution in [0, 0.1) is 32.4 Å². The number of nitrogens with zero attached hydrogens (tertiary/aromatic N) is 3. The molecule has 2 aromatic carbocycles. The Morgan fingerprint density at radius 2 is 1.65 bits per heavy atom. The zero-order valence-electron chi connectivity index (χ0n) is 19.1. The van der Waals surface area contributed by atoms with Crippen molar-refractivity contribution in [1.82, 2.24) is 14.9 Å². The molecule has 2 aromatic heterocycles. The van der Waals surface area contributed by atoms with Crippen LogP contribution in [0.25, 0.3) is 5.69 Å². The minimum absolute atomic E-state index is 0.207. The van der Waals surface area contributed by atoms with E-state index in [9.17, 15) is 8.78 Å². The van der Waals surface area contributed by atoms with Gasteiger partial charge < -0.3 is 14.8 Å². The molecule has 4 nitrogen and oxygen atoms in total. The topological polar surface area (TPSA) is 33.1 Å². The number of hydrogen-bond acceptors (Lipinski definition) is 2. The second-order valence-corrected chi connectivity index (χ2v) is 8.96. The number of anilines is 1. The molecule has 0 unspecified atom stereocenters. The minimum Gasteiger partial charge on any atom is -0.351 e. The summed E-state index contributed by atoms with van der Waals surface area (Å²) in [4.78, 5) is 6.64. The van der Waals surface area contributed by atoms with E-state index in [1.54, 1.807) is 31.3 Å². The third-order valence-corrected chi connectivity index (χ3v) is 6.71. The molecule has 1 aliphatic rings. The fourth-order valence-corrected chi connectivity index (χ4v) is 5.15. The van der Waals surface area contributed by atoms with Gasteiger partial charge in [-0.3, -0.25) is 4.98 Å². The molecule has 1 saturated heterocycles. The number of pyridine rings is 1. The second-order valence-electron chi connectivity index (χ2n) is 8.57. The van der Waals surface area contributed by atoms with Crippen molar-refractivity contribution in [3.63, 3.8) is 0 Å². The highest BCUT2D eigenvalue weighted by atomic mass is 32.1. The molecule has 5 rings (SSSR count). The van der Waals surface area contributed by atoms with Crippen LogP contribution in [0.5, 0.6) is 0 Å². The fourth-order valence-electron chi connectivity index (χ4n) is 4.80. The monoisotopic (exact) mass is 474 g/mol. The Morgan fingerprint density at radius 1 is 0.912 bits per heavy atom. The standard InChI is InChI=1S/C27H24F2N4S/c1-16-14-21(11-12-23(16)29)33-26(25(31-27(33)34)24-6-4-5-13-30-24)22-15-17(2)32(18(22)3)20-9-7-19(28)8-10-20/h4-15,25-26H,1-3H3,(H,31,34)/t25-,26-/m1/s1. The maximum absolute atomic E-state index is 14.1. The first-order valence-corrected chi connectivity index (χ1v) is 11.5. The van der Waals surface area contributed by atoms with E-state index in [2.05, 4.69) is 27.9 Å². The highest BCUT2D eigenvalue weighted by Crippen LogP contribution is 2.44. The van der Waals surface area contributed by atoms with E-state index in [4.69, 9.17) is 12.2 Å². The normalized spacial score (nSPS) is 17.8. The van der Waals surface area contributed by atoms with Gasteiger partial charge in [0.2, 0.25) is 0 Å². The molecule has 1 aliphatic heterocycles. The van der Waals surface area contributed by atoms with Crippen molar-refractivity contribution >= 4 is 23.0 Å². The molecule has 0 amide bonds. The molecule has 3 heterocycles. The molecule has 34 heavy (non-hydrogen) atoms. The maximum Gasteiger partial charge on any atom is 0.174 e. The average molecular weight is 475 g/mol. The lowest BCUT2D eigenvalue weighted by atomic mass is 9.96. The van der Waals surface area contributed by atoms with Gasteiger partial charge in [0, 0.05) is 29.0 Å². The number of thiocarbonyl (C=S) groups is 1.